The Morgan fingerprint density at radius 2 is 1.79 bits per heavy atom. The Bertz CT molecular complexity index is 434. The van der Waals surface area contributed by atoms with Gasteiger partial charge in [0.15, 0.2) is 0 Å². The van der Waals surface area contributed by atoms with Crippen molar-refractivity contribution < 1.29 is 0 Å². The standard InChI is InChI=1S/C12H10BrN/c1-9-4-6-10(7-5-9)12-11(13)3-2-8-14-12/h2-8H,1H3. The number of benzene rings is 1. The van der Waals surface area contributed by atoms with Crippen LogP contribution in [-0.2, 0) is 0 Å². The number of aryl methyl sites for hydroxylation is 1. The zero-order valence-corrected chi connectivity index (χ0v) is 9.45. The molecule has 0 aliphatic carbocycles. The molecule has 70 valence electrons. The van der Waals surface area contributed by atoms with Gasteiger partial charge < -0.3 is 0 Å². The van der Waals surface area contributed by atoms with Crippen molar-refractivity contribution in [2.75, 3.05) is 0 Å². The normalized spacial score (nSPS) is 10.1. The molecule has 14 heavy (non-hydrogen) atoms. The molecule has 0 N–H and O–H groups in total. The summed E-state index contributed by atoms with van der Waals surface area (Å²) < 4.78 is 1.03. The van der Waals surface area contributed by atoms with E-state index in [1.807, 2.05) is 12.1 Å². The van der Waals surface area contributed by atoms with Gasteiger partial charge in [0.2, 0.25) is 0 Å². The highest BCUT2D eigenvalue weighted by Crippen LogP contribution is 2.25. The molecule has 0 fully saturated rings. The average molecular weight is 248 g/mol. The fraction of sp³-hybridized carbons (Fsp3) is 0.0833. The number of halogens is 1. The largest absolute Gasteiger partial charge is 0.255 e. The number of pyridine rings is 1. The van der Waals surface area contributed by atoms with E-state index in [1.54, 1.807) is 6.20 Å². The van der Waals surface area contributed by atoms with Crippen LogP contribution in [0.1, 0.15) is 5.56 Å². The third-order valence-electron chi connectivity index (χ3n) is 2.08. The van der Waals surface area contributed by atoms with Crippen LogP contribution in [0.25, 0.3) is 11.3 Å². The zero-order valence-electron chi connectivity index (χ0n) is 7.87. The molecule has 0 radical (unpaired) electrons. The fourth-order valence-electron chi connectivity index (χ4n) is 1.31. The van der Waals surface area contributed by atoms with Gasteiger partial charge in [-0.2, -0.15) is 0 Å². The Kier molecular flexibility index (Phi) is 2.64. The first-order valence-electron chi connectivity index (χ1n) is 4.45. The van der Waals surface area contributed by atoms with Gasteiger partial charge in [0.25, 0.3) is 0 Å². The molecule has 0 aliphatic heterocycles. The lowest BCUT2D eigenvalue weighted by molar-refractivity contribution is 1.30. The van der Waals surface area contributed by atoms with Crippen LogP contribution in [0, 0.1) is 6.92 Å². The van der Waals surface area contributed by atoms with Gasteiger partial charge >= 0.3 is 0 Å². The average Bonchev–Trinajstić information content (AvgIpc) is 2.20. The first-order chi connectivity index (χ1) is 6.77. The van der Waals surface area contributed by atoms with Crippen molar-refractivity contribution >= 4 is 15.9 Å². The molecule has 0 atom stereocenters. The van der Waals surface area contributed by atoms with Gasteiger partial charge in [-0.05, 0) is 35.0 Å². The second-order valence-electron chi connectivity index (χ2n) is 3.20. The summed E-state index contributed by atoms with van der Waals surface area (Å²) in [4.78, 5) is 4.33. The van der Waals surface area contributed by atoms with E-state index in [4.69, 9.17) is 0 Å². The summed E-state index contributed by atoms with van der Waals surface area (Å²) in [5.41, 5.74) is 3.40. The molecule has 1 aromatic carbocycles. The Labute approximate surface area is 91.9 Å². The summed E-state index contributed by atoms with van der Waals surface area (Å²) in [5, 5.41) is 0. The molecule has 1 heterocycles. The Morgan fingerprint density at radius 3 is 2.43 bits per heavy atom. The summed E-state index contributed by atoms with van der Waals surface area (Å²) in [6, 6.07) is 12.3. The highest BCUT2D eigenvalue weighted by Gasteiger charge is 2.02. The van der Waals surface area contributed by atoms with Crippen molar-refractivity contribution in [2.24, 2.45) is 0 Å². The molecule has 0 saturated heterocycles. The van der Waals surface area contributed by atoms with Crippen molar-refractivity contribution in [1.82, 2.24) is 4.98 Å². The third kappa shape index (κ3) is 1.85. The highest BCUT2D eigenvalue weighted by molar-refractivity contribution is 9.10. The van der Waals surface area contributed by atoms with Crippen LogP contribution >= 0.6 is 15.9 Å². The van der Waals surface area contributed by atoms with Crippen LogP contribution in [0.2, 0.25) is 0 Å². The van der Waals surface area contributed by atoms with Crippen molar-refractivity contribution in [2.45, 2.75) is 6.92 Å². The van der Waals surface area contributed by atoms with Crippen LogP contribution in [0.5, 0.6) is 0 Å². The van der Waals surface area contributed by atoms with Crippen LogP contribution in [0.15, 0.2) is 47.1 Å². The van der Waals surface area contributed by atoms with E-state index in [2.05, 4.69) is 52.1 Å². The van der Waals surface area contributed by atoms with E-state index < -0.39 is 0 Å². The molecule has 0 spiro atoms. The maximum absolute atomic E-state index is 4.33. The van der Waals surface area contributed by atoms with Crippen LogP contribution in [0.3, 0.4) is 0 Å². The number of aromatic nitrogens is 1. The van der Waals surface area contributed by atoms with Gasteiger partial charge in [-0.1, -0.05) is 29.8 Å². The molecule has 2 heteroatoms. The molecule has 0 amide bonds. The lowest BCUT2D eigenvalue weighted by Crippen LogP contribution is -1.84. The molecular weight excluding hydrogens is 238 g/mol. The summed E-state index contributed by atoms with van der Waals surface area (Å²) in [6.45, 7) is 2.08. The predicted molar refractivity (Wildman–Crippen MR) is 62.1 cm³/mol. The smallest absolute Gasteiger partial charge is 0.0843 e. The maximum atomic E-state index is 4.33. The molecule has 0 saturated carbocycles. The molecule has 1 nitrogen and oxygen atoms in total. The van der Waals surface area contributed by atoms with E-state index in [1.165, 1.54) is 5.56 Å². The Morgan fingerprint density at radius 1 is 1.07 bits per heavy atom. The quantitative estimate of drug-likeness (QED) is 0.747. The van der Waals surface area contributed by atoms with E-state index in [-0.39, 0.29) is 0 Å². The fourth-order valence-corrected chi connectivity index (χ4v) is 1.79. The lowest BCUT2D eigenvalue weighted by atomic mass is 10.1. The van der Waals surface area contributed by atoms with Crippen molar-refractivity contribution in [1.29, 1.82) is 0 Å². The zero-order chi connectivity index (χ0) is 9.97. The van der Waals surface area contributed by atoms with E-state index >= 15 is 0 Å². The summed E-state index contributed by atoms with van der Waals surface area (Å²) >= 11 is 3.49. The maximum Gasteiger partial charge on any atom is 0.0843 e. The van der Waals surface area contributed by atoms with Crippen molar-refractivity contribution in [3.63, 3.8) is 0 Å². The van der Waals surface area contributed by atoms with Gasteiger partial charge in [-0.15, -0.1) is 0 Å². The molecule has 0 bridgehead atoms. The lowest BCUT2D eigenvalue weighted by Gasteiger charge is -2.03. The van der Waals surface area contributed by atoms with Gasteiger partial charge in [0, 0.05) is 16.2 Å². The minimum absolute atomic E-state index is 0.993. The predicted octanol–water partition coefficient (Wildman–Crippen LogP) is 3.82. The van der Waals surface area contributed by atoms with E-state index in [0.717, 1.165) is 15.7 Å². The molecule has 0 unspecified atom stereocenters. The summed E-state index contributed by atoms with van der Waals surface area (Å²) in [6.07, 6.45) is 1.81. The minimum atomic E-state index is 0.993. The molecule has 2 rings (SSSR count). The van der Waals surface area contributed by atoms with Crippen LogP contribution < -0.4 is 0 Å². The second kappa shape index (κ2) is 3.93. The first-order valence-corrected chi connectivity index (χ1v) is 5.24. The topological polar surface area (TPSA) is 12.9 Å². The van der Waals surface area contributed by atoms with Gasteiger partial charge in [0.1, 0.15) is 0 Å². The Hall–Kier alpha value is -1.15. The number of hydrogen-bond acceptors (Lipinski definition) is 1. The van der Waals surface area contributed by atoms with Crippen molar-refractivity contribution in [3.05, 3.63) is 52.6 Å². The monoisotopic (exact) mass is 247 g/mol. The second-order valence-corrected chi connectivity index (χ2v) is 4.05. The molecule has 0 aliphatic rings. The number of nitrogens with zero attached hydrogens (tertiary/aromatic N) is 1. The van der Waals surface area contributed by atoms with E-state index in [9.17, 15) is 0 Å². The van der Waals surface area contributed by atoms with Gasteiger partial charge in [0.05, 0.1) is 5.69 Å². The highest BCUT2D eigenvalue weighted by atomic mass is 79.9. The SMILES string of the molecule is Cc1ccc(-c2ncccc2Br)cc1. The van der Waals surface area contributed by atoms with Crippen molar-refractivity contribution in [3.8, 4) is 11.3 Å². The van der Waals surface area contributed by atoms with E-state index in [0.29, 0.717) is 0 Å². The Balaban J connectivity index is 2.50. The van der Waals surface area contributed by atoms with Crippen LogP contribution in [0.4, 0.5) is 0 Å². The van der Waals surface area contributed by atoms with Crippen LogP contribution in [-0.4, -0.2) is 4.98 Å². The summed E-state index contributed by atoms with van der Waals surface area (Å²) in [7, 11) is 0. The molecule has 2 aromatic rings. The summed E-state index contributed by atoms with van der Waals surface area (Å²) in [5.74, 6) is 0. The number of rotatable bonds is 1. The number of hydrogen-bond donors (Lipinski definition) is 0. The first kappa shape index (κ1) is 9.41. The van der Waals surface area contributed by atoms with Gasteiger partial charge in [-0.3, -0.25) is 4.98 Å². The molecular formula is C12H10BrN. The minimum Gasteiger partial charge on any atom is -0.255 e. The van der Waals surface area contributed by atoms with Gasteiger partial charge in [-0.25, -0.2) is 0 Å². The molecule has 1 aromatic heterocycles. The third-order valence-corrected chi connectivity index (χ3v) is 2.72.